The van der Waals surface area contributed by atoms with Gasteiger partial charge in [0.2, 0.25) is 5.82 Å². The van der Waals surface area contributed by atoms with Crippen molar-refractivity contribution in [2.24, 2.45) is 0 Å². The van der Waals surface area contributed by atoms with Crippen LogP contribution in [0.1, 0.15) is 18.4 Å². The Kier molecular flexibility index (Phi) is 3.86. The zero-order valence-corrected chi connectivity index (χ0v) is 13.4. The number of benzene rings is 1. The van der Waals surface area contributed by atoms with Gasteiger partial charge in [0.15, 0.2) is 0 Å². The van der Waals surface area contributed by atoms with Gasteiger partial charge in [-0.25, -0.2) is 0 Å². The van der Waals surface area contributed by atoms with Crippen LogP contribution in [0.2, 0.25) is 0 Å². The zero-order valence-electron chi connectivity index (χ0n) is 13.4. The van der Waals surface area contributed by atoms with Gasteiger partial charge in [-0.1, -0.05) is 23.4 Å². The van der Waals surface area contributed by atoms with Crippen LogP contribution in [-0.4, -0.2) is 28.3 Å². The van der Waals surface area contributed by atoms with Gasteiger partial charge >= 0.3 is 6.01 Å². The predicted molar refractivity (Wildman–Crippen MR) is 89.7 cm³/mol. The fraction of sp³-hybridized carbons (Fsp3) is 0.278. The van der Waals surface area contributed by atoms with E-state index in [1.165, 1.54) is 0 Å². The third-order valence-corrected chi connectivity index (χ3v) is 4.05. The van der Waals surface area contributed by atoms with E-state index in [-0.39, 0.29) is 0 Å². The normalized spacial score (nSPS) is 13.7. The molecule has 2 aromatic heterocycles. The molecule has 0 aliphatic heterocycles. The Morgan fingerprint density at radius 3 is 2.92 bits per heavy atom. The van der Waals surface area contributed by atoms with Crippen LogP contribution < -0.4 is 9.64 Å². The first-order valence-corrected chi connectivity index (χ1v) is 7.97. The summed E-state index contributed by atoms with van der Waals surface area (Å²) in [6.45, 7) is 0.720. The highest BCUT2D eigenvalue weighted by Crippen LogP contribution is 2.33. The topological polar surface area (TPSA) is 64.3 Å². The largest absolute Gasteiger partial charge is 0.497 e. The molecule has 1 aliphatic carbocycles. The fourth-order valence-corrected chi connectivity index (χ4v) is 2.64. The molecule has 0 atom stereocenters. The fourth-order valence-electron chi connectivity index (χ4n) is 2.64. The molecule has 0 saturated heterocycles. The Balaban J connectivity index is 1.59. The standard InChI is InChI=1S/C18H18N4O2/c1-23-16-6-2-5-14(10-16)17-20-18(24-21-17)22(15-7-8-15)12-13-4-3-9-19-11-13/h2-6,9-11,15H,7-8,12H2,1H3. The van der Waals surface area contributed by atoms with Crippen LogP contribution in [0.4, 0.5) is 6.01 Å². The lowest BCUT2D eigenvalue weighted by atomic mass is 10.2. The molecule has 24 heavy (non-hydrogen) atoms. The van der Waals surface area contributed by atoms with Crippen molar-refractivity contribution in [2.75, 3.05) is 12.0 Å². The smallest absolute Gasteiger partial charge is 0.324 e. The van der Waals surface area contributed by atoms with Crippen LogP contribution >= 0.6 is 0 Å². The highest BCUT2D eigenvalue weighted by atomic mass is 16.5. The van der Waals surface area contributed by atoms with Gasteiger partial charge in [0, 0.05) is 30.5 Å². The van der Waals surface area contributed by atoms with Gasteiger partial charge < -0.3 is 14.2 Å². The summed E-state index contributed by atoms with van der Waals surface area (Å²) in [5, 5.41) is 4.14. The maximum atomic E-state index is 5.53. The summed E-state index contributed by atoms with van der Waals surface area (Å²) in [6, 6.07) is 12.7. The summed E-state index contributed by atoms with van der Waals surface area (Å²) in [5.41, 5.74) is 2.01. The first-order chi connectivity index (χ1) is 11.8. The van der Waals surface area contributed by atoms with Gasteiger partial charge in [-0.3, -0.25) is 4.98 Å². The Morgan fingerprint density at radius 1 is 1.25 bits per heavy atom. The molecule has 6 nitrogen and oxygen atoms in total. The highest BCUT2D eigenvalue weighted by molar-refractivity contribution is 5.58. The molecule has 1 aliphatic rings. The summed E-state index contributed by atoms with van der Waals surface area (Å²) in [5.74, 6) is 1.34. The molecule has 0 radical (unpaired) electrons. The van der Waals surface area contributed by atoms with Crippen LogP contribution in [0.25, 0.3) is 11.4 Å². The van der Waals surface area contributed by atoms with E-state index in [4.69, 9.17) is 9.26 Å². The van der Waals surface area contributed by atoms with Gasteiger partial charge in [-0.05, 0) is 36.6 Å². The number of methoxy groups -OCH3 is 1. The van der Waals surface area contributed by atoms with Crippen LogP contribution in [-0.2, 0) is 6.54 Å². The Morgan fingerprint density at radius 2 is 2.17 bits per heavy atom. The number of rotatable bonds is 6. The van der Waals surface area contributed by atoms with E-state index in [0.29, 0.717) is 17.9 Å². The van der Waals surface area contributed by atoms with E-state index < -0.39 is 0 Å². The minimum atomic E-state index is 0.462. The van der Waals surface area contributed by atoms with Crippen molar-refractivity contribution in [1.82, 2.24) is 15.1 Å². The molecule has 0 unspecified atom stereocenters. The minimum Gasteiger partial charge on any atom is -0.497 e. The number of ether oxygens (including phenoxy) is 1. The predicted octanol–water partition coefficient (Wildman–Crippen LogP) is 3.31. The first kappa shape index (κ1) is 14.7. The van der Waals surface area contributed by atoms with Crippen molar-refractivity contribution in [3.8, 4) is 17.1 Å². The summed E-state index contributed by atoms with van der Waals surface area (Å²) in [6.07, 6.45) is 5.95. The monoisotopic (exact) mass is 322 g/mol. The van der Waals surface area contributed by atoms with E-state index in [9.17, 15) is 0 Å². The molecule has 1 saturated carbocycles. The van der Waals surface area contributed by atoms with E-state index in [2.05, 4.69) is 26.1 Å². The highest BCUT2D eigenvalue weighted by Gasteiger charge is 2.32. The summed E-state index contributed by atoms with van der Waals surface area (Å²) >= 11 is 0. The second-order valence-corrected chi connectivity index (χ2v) is 5.85. The van der Waals surface area contributed by atoms with Crippen molar-refractivity contribution in [1.29, 1.82) is 0 Å². The summed E-state index contributed by atoms with van der Waals surface area (Å²) in [7, 11) is 1.64. The van der Waals surface area contributed by atoms with Gasteiger partial charge in [0.1, 0.15) is 5.75 Å². The van der Waals surface area contributed by atoms with E-state index in [1.54, 1.807) is 13.3 Å². The van der Waals surface area contributed by atoms with Crippen molar-refractivity contribution >= 4 is 6.01 Å². The molecule has 0 N–H and O–H groups in total. The molecular formula is C18H18N4O2. The molecule has 6 heteroatoms. The van der Waals surface area contributed by atoms with Crippen LogP contribution in [0.3, 0.4) is 0 Å². The molecule has 0 spiro atoms. The lowest BCUT2D eigenvalue weighted by molar-refractivity contribution is 0.411. The molecule has 122 valence electrons. The molecule has 2 heterocycles. The number of hydrogen-bond donors (Lipinski definition) is 0. The average molecular weight is 322 g/mol. The van der Waals surface area contributed by atoms with Crippen LogP contribution in [0.5, 0.6) is 5.75 Å². The second kappa shape index (κ2) is 6.31. The van der Waals surface area contributed by atoms with Gasteiger partial charge in [-0.15, -0.1) is 0 Å². The minimum absolute atomic E-state index is 0.462. The lowest BCUT2D eigenvalue weighted by Crippen LogP contribution is -2.25. The molecular weight excluding hydrogens is 304 g/mol. The Labute approximate surface area is 140 Å². The van der Waals surface area contributed by atoms with Crippen molar-refractivity contribution in [3.05, 3.63) is 54.4 Å². The van der Waals surface area contributed by atoms with E-state index >= 15 is 0 Å². The molecule has 4 rings (SSSR count). The lowest BCUT2D eigenvalue weighted by Gasteiger charge is -2.19. The number of anilines is 1. The SMILES string of the molecule is COc1cccc(-c2noc(N(Cc3cccnc3)C3CC3)n2)c1. The van der Waals surface area contributed by atoms with Gasteiger partial charge in [0.05, 0.1) is 7.11 Å². The van der Waals surface area contributed by atoms with Crippen molar-refractivity contribution < 1.29 is 9.26 Å². The molecule has 0 bridgehead atoms. The van der Waals surface area contributed by atoms with Gasteiger partial charge in [-0.2, -0.15) is 4.98 Å². The zero-order chi connectivity index (χ0) is 16.4. The quantitative estimate of drug-likeness (QED) is 0.694. The number of hydrogen-bond acceptors (Lipinski definition) is 6. The van der Waals surface area contributed by atoms with E-state index in [1.807, 2.05) is 36.5 Å². The maximum absolute atomic E-state index is 5.53. The molecule has 3 aromatic rings. The van der Waals surface area contributed by atoms with Crippen LogP contribution in [0, 0.1) is 0 Å². The molecule has 0 amide bonds. The third-order valence-electron chi connectivity index (χ3n) is 4.05. The maximum Gasteiger partial charge on any atom is 0.324 e. The Bertz CT molecular complexity index is 815. The van der Waals surface area contributed by atoms with Gasteiger partial charge in [0.25, 0.3) is 0 Å². The number of nitrogens with zero attached hydrogens (tertiary/aromatic N) is 4. The summed E-state index contributed by atoms with van der Waals surface area (Å²) < 4.78 is 10.8. The molecule has 1 fully saturated rings. The van der Waals surface area contributed by atoms with E-state index in [0.717, 1.165) is 36.3 Å². The van der Waals surface area contributed by atoms with Crippen molar-refractivity contribution in [3.63, 3.8) is 0 Å². The Hall–Kier alpha value is -2.89. The molecule has 1 aromatic carbocycles. The first-order valence-electron chi connectivity index (χ1n) is 7.97. The summed E-state index contributed by atoms with van der Waals surface area (Å²) in [4.78, 5) is 10.9. The number of pyridine rings is 1. The van der Waals surface area contributed by atoms with Crippen LogP contribution in [0.15, 0.2) is 53.3 Å². The number of aromatic nitrogens is 3. The third kappa shape index (κ3) is 3.08. The second-order valence-electron chi connectivity index (χ2n) is 5.85. The van der Waals surface area contributed by atoms with Crippen molar-refractivity contribution in [2.45, 2.75) is 25.4 Å². The average Bonchev–Trinajstić information content (AvgIpc) is 3.36.